The molecule has 1 aromatic heterocycles. The summed E-state index contributed by atoms with van der Waals surface area (Å²) < 4.78 is 32.2. The van der Waals surface area contributed by atoms with E-state index in [0.29, 0.717) is 30.3 Å². The third kappa shape index (κ3) is 6.73. The standard InChI is InChI=1S/C22H28O9/c1-4-5-9-28-11-13-29-17-8-6-7-16(27-3)19(17)15-14-18(21(23)24)31-22(25)20(15)30-12-10-26-2/h6-8,14H,4-5,9-13H2,1-3H3,(H,23,24). The summed E-state index contributed by atoms with van der Waals surface area (Å²) in [7, 11) is 2.96. The highest BCUT2D eigenvalue weighted by atomic mass is 16.5. The van der Waals surface area contributed by atoms with Gasteiger partial charge in [0.2, 0.25) is 11.5 Å². The van der Waals surface area contributed by atoms with Gasteiger partial charge in [-0.3, -0.25) is 0 Å². The molecule has 1 heterocycles. The first-order valence-corrected chi connectivity index (χ1v) is 9.94. The number of carbonyl (C=O) groups is 1. The van der Waals surface area contributed by atoms with Gasteiger partial charge in [0, 0.05) is 25.3 Å². The molecule has 1 N–H and O–H groups in total. The minimum atomic E-state index is -1.39. The van der Waals surface area contributed by atoms with Gasteiger partial charge in [0.25, 0.3) is 0 Å². The number of carboxylic acids is 1. The smallest absolute Gasteiger partial charge is 0.379 e. The van der Waals surface area contributed by atoms with Crippen LogP contribution in [0, 0.1) is 0 Å². The predicted octanol–water partition coefficient (Wildman–Crippen LogP) is 3.23. The van der Waals surface area contributed by atoms with Crippen molar-refractivity contribution in [2.75, 3.05) is 47.3 Å². The fourth-order valence-electron chi connectivity index (χ4n) is 2.76. The van der Waals surface area contributed by atoms with Crippen LogP contribution in [0.1, 0.15) is 30.3 Å². The topological polar surface area (TPSA) is 114 Å². The van der Waals surface area contributed by atoms with Crippen LogP contribution in [0.2, 0.25) is 0 Å². The van der Waals surface area contributed by atoms with E-state index in [9.17, 15) is 14.7 Å². The van der Waals surface area contributed by atoms with Crippen LogP contribution in [0.5, 0.6) is 17.2 Å². The van der Waals surface area contributed by atoms with Crippen molar-refractivity contribution in [3.8, 4) is 28.4 Å². The maximum Gasteiger partial charge on any atom is 0.379 e. The Morgan fingerprint density at radius 1 is 1.03 bits per heavy atom. The molecule has 0 bridgehead atoms. The van der Waals surface area contributed by atoms with E-state index >= 15 is 0 Å². The molecule has 0 radical (unpaired) electrons. The molecule has 0 amide bonds. The lowest BCUT2D eigenvalue weighted by Crippen LogP contribution is -2.15. The molecule has 0 aliphatic heterocycles. The zero-order valence-electron chi connectivity index (χ0n) is 18.0. The third-order valence-corrected chi connectivity index (χ3v) is 4.26. The van der Waals surface area contributed by atoms with Crippen LogP contribution in [-0.2, 0) is 9.47 Å². The summed E-state index contributed by atoms with van der Waals surface area (Å²) in [5, 5.41) is 9.35. The number of aromatic carboxylic acids is 1. The molecule has 0 atom stereocenters. The molecule has 0 unspecified atom stereocenters. The zero-order valence-corrected chi connectivity index (χ0v) is 18.0. The number of carboxylic acid groups (broad SMARTS) is 1. The summed E-state index contributed by atoms with van der Waals surface area (Å²) in [6, 6.07) is 6.31. The van der Waals surface area contributed by atoms with Gasteiger partial charge in [-0.05, 0) is 18.6 Å². The molecule has 0 aliphatic carbocycles. The van der Waals surface area contributed by atoms with Crippen LogP contribution < -0.4 is 19.8 Å². The van der Waals surface area contributed by atoms with Crippen molar-refractivity contribution in [1.29, 1.82) is 0 Å². The molecule has 0 fully saturated rings. The van der Waals surface area contributed by atoms with E-state index in [-0.39, 0.29) is 31.1 Å². The highest BCUT2D eigenvalue weighted by molar-refractivity contribution is 5.89. The van der Waals surface area contributed by atoms with Crippen molar-refractivity contribution >= 4 is 5.97 Å². The minimum Gasteiger partial charge on any atom is -0.496 e. The fourth-order valence-corrected chi connectivity index (χ4v) is 2.76. The van der Waals surface area contributed by atoms with Crippen LogP contribution >= 0.6 is 0 Å². The van der Waals surface area contributed by atoms with Gasteiger partial charge in [-0.25, -0.2) is 9.59 Å². The molecule has 0 saturated heterocycles. The van der Waals surface area contributed by atoms with Gasteiger partial charge in [-0.1, -0.05) is 19.4 Å². The van der Waals surface area contributed by atoms with E-state index in [0.717, 1.165) is 12.8 Å². The molecule has 31 heavy (non-hydrogen) atoms. The normalized spacial score (nSPS) is 10.7. The third-order valence-electron chi connectivity index (χ3n) is 4.26. The number of hydrogen-bond acceptors (Lipinski definition) is 8. The summed E-state index contributed by atoms with van der Waals surface area (Å²) in [5.41, 5.74) is -0.365. The van der Waals surface area contributed by atoms with Gasteiger partial charge in [0.15, 0.2) is 0 Å². The quantitative estimate of drug-likeness (QED) is 0.446. The Hall–Kier alpha value is -3.04. The van der Waals surface area contributed by atoms with Crippen molar-refractivity contribution < 1.29 is 38.0 Å². The van der Waals surface area contributed by atoms with Gasteiger partial charge in [-0.2, -0.15) is 0 Å². The van der Waals surface area contributed by atoms with Crippen molar-refractivity contribution in [3.63, 3.8) is 0 Å². The SMILES string of the molecule is CCCCOCCOc1cccc(OC)c1-c1cc(C(=O)O)oc(=O)c1OCCOC. The molecule has 2 aromatic rings. The van der Waals surface area contributed by atoms with E-state index < -0.39 is 17.4 Å². The Morgan fingerprint density at radius 2 is 1.77 bits per heavy atom. The lowest BCUT2D eigenvalue weighted by molar-refractivity contribution is 0.0655. The Bertz CT molecular complexity index is 904. The number of ether oxygens (including phenoxy) is 5. The van der Waals surface area contributed by atoms with Crippen molar-refractivity contribution in [3.05, 3.63) is 40.4 Å². The van der Waals surface area contributed by atoms with E-state index in [1.165, 1.54) is 20.3 Å². The molecular weight excluding hydrogens is 408 g/mol. The van der Waals surface area contributed by atoms with Crippen LogP contribution in [0.25, 0.3) is 11.1 Å². The molecule has 9 heteroatoms. The van der Waals surface area contributed by atoms with E-state index in [2.05, 4.69) is 6.92 Å². The van der Waals surface area contributed by atoms with Crippen molar-refractivity contribution in [2.45, 2.75) is 19.8 Å². The average Bonchev–Trinajstić information content (AvgIpc) is 2.76. The number of rotatable bonds is 14. The maximum absolute atomic E-state index is 12.5. The van der Waals surface area contributed by atoms with E-state index in [4.69, 9.17) is 28.1 Å². The molecule has 0 saturated carbocycles. The van der Waals surface area contributed by atoms with Crippen LogP contribution in [-0.4, -0.2) is 58.3 Å². The first-order valence-electron chi connectivity index (χ1n) is 9.94. The summed E-state index contributed by atoms with van der Waals surface area (Å²) >= 11 is 0. The number of hydrogen-bond donors (Lipinski definition) is 1. The lowest BCUT2D eigenvalue weighted by Gasteiger charge is -2.17. The molecule has 0 spiro atoms. The molecule has 1 aromatic carbocycles. The highest BCUT2D eigenvalue weighted by Gasteiger charge is 2.24. The van der Waals surface area contributed by atoms with Crippen LogP contribution in [0.4, 0.5) is 0 Å². The molecule has 170 valence electrons. The van der Waals surface area contributed by atoms with Gasteiger partial charge >= 0.3 is 11.6 Å². The highest BCUT2D eigenvalue weighted by Crippen LogP contribution is 2.42. The maximum atomic E-state index is 12.5. The van der Waals surface area contributed by atoms with Crippen LogP contribution in [0.3, 0.4) is 0 Å². The zero-order chi connectivity index (χ0) is 22.6. The molecule has 9 nitrogen and oxygen atoms in total. The summed E-state index contributed by atoms with van der Waals surface area (Å²) in [5.74, 6) is -1.31. The van der Waals surface area contributed by atoms with Gasteiger partial charge in [0.05, 0.1) is 25.9 Å². The second kappa shape index (κ2) is 12.6. The summed E-state index contributed by atoms with van der Waals surface area (Å²) in [4.78, 5) is 24.0. The number of methoxy groups -OCH3 is 2. The largest absolute Gasteiger partial charge is 0.496 e. The Kier molecular flexibility index (Phi) is 9.86. The van der Waals surface area contributed by atoms with Gasteiger partial charge in [0.1, 0.15) is 24.7 Å². The molecule has 0 aliphatic rings. The average molecular weight is 436 g/mol. The Balaban J connectivity index is 2.46. The Morgan fingerprint density at radius 3 is 2.45 bits per heavy atom. The first kappa shape index (κ1) is 24.2. The van der Waals surface area contributed by atoms with E-state index in [1.807, 2.05) is 0 Å². The second-order valence-electron chi connectivity index (χ2n) is 6.44. The molecular formula is C22H28O9. The van der Waals surface area contributed by atoms with Crippen molar-refractivity contribution in [1.82, 2.24) is 0 Å². The van der Waals surface area contributed by atoms with Crippen molar-refractivity contribution in [2.24, 2.45) is 0 Å². The number of benzene rings is 1. The second-order valence-corrected chi connectivity index (χ2v) is 6.44. The predicted molar refractivity (Wildman–Crippen MR) is 113 cm³/mol. The monoisotopic (exact) mass is 436 g/mol. The molecule has 2 rings (SSSR count). The van der Waals surface area contributed by atoms with Gasteiger partial charge in [-0.15, -0.1) is 0 Å². The van der Waals surface area contributed by atoms with Gasteiger partial charge < -0.3 is 33.2 Å². The summed E-state index contributed by atoms with van der Waals surface area (Å²) in [6.07, 6.45) is 2.00. The first-order chi connectivity index (χ1) is 15.0. The minimum absolute atomic E-state index is 0.0668. The van der Waals surface area contributed by atoms with Crippen LogP contribution in [0.15, 0.2) is 33.5 Å². The lowest BCUT2D eigenvalue weighted by atomic mass is 10.0. The number of unbranched alkanes of at least 4 members (excludes halogenated alkanes) is 1. The van der Waals surface area contributed by atoms with E-state index in [1.54, 1.807) is 18.2 Å². The Labute approximate surface area is 180 Å². The fraction of sp³-hybridized carbons (Fsp3) is 0.455. The summed E-state index contributed by atoms with van der Waals surface area (Å²) in [6.45, 7) is 3.66.